The van der Waals surface area contributed by atoms with Crippen LogP contribution < -0.4 is 10.1 Å². The molecule has 4 rings (SSSR count). The number of hydrogen-bond acceptors (Lipinski definition) is 4. The van der Waals surface area contributed by atoms with Gasteiger partial charge in [0.2, 0.25) is 0 Å². The first-order valence-electron chi connectivity index (χ1n) is 9.80. The maximum absolute atomic E-state index is 12.5. The van der Waals surface area contributed by atoms with E-state index in [-0.39, 0.29) is 11.9 Å². The second kappa shape index (κ2) is 9.32. The Balaban J connectivity index is 1.47. The van der Waals surface area contributed by atoms with Crippen LogP contribution in [0.2, 0.25) is 5.02 Å². The molecule has 1 N–H and O–H groups in total. The summed E-state index contributed by atoms with van der Waals surface area (Å²) >= 11 is 7.35. The van der Waals surface area contributed by atoms with Gasteiger partial charge in [0.15, 0.2) is 0 Å². The molecule has 7 heteroatoms. The summed E-state index contributed by atoms with van der Waals surface area (Å²) in [5.74, 6) is 1.56. The topological polar surface area (TPSA) is 56.2 Å². The van der Waals surface area contributed by atoms with Crippen molar-refractivity contribution in [3.05, 3.63) is 81.8 Å². The fourth-order valence-corrected chi connectivity index (χ4v) is 4.10. The van der Waals surface area contributed by atoms with Gasteiger partial charge in [-0.1, -0.05) is 29.8 Å². The van der Waals surface area contributed by atoms with Crippen molar-refractivity contribution in [2.24, 2.45) is 0 Å². The summed E-state index contributed by atoms with van der Waals surface area (Å²) in [6.07, 6.45) is 0.807. The Bertz CT molecular complexity index is 1120. The van der Waals surface area contributed by atoms with Crippen molar-refractivity contribution in [3.8, 4) is 5.75 Å². The number of amides is 1. The van der Waals surface area contributed by atoms with E-state index in [1.165, 1.54) is 11.3 Å². The number of thiophene rings is 1. The van der Waals surface area contributed by atoms with Crippen LogP contribution in [0.3, 0.4) is 0 Å². The summed E-state index contributed by atoms with van der Waals surface area (Å²) in [4.78, 5) is 18.0. The average molecular weight is 440 g/mol. The van der Waals surface area contributed by atoms with Gasteiger partial charge in [-0.25, -0.2) is 4.98 Å². The van der Waals surface area contributed by atoms with Crippen molar-refractivity contribution in [3.63, 3.8) is 0 Å². The molecule has 0 saturated heterocycles. The number of fused-ring (bicyclic) bond motifs is 1. The van der Waals surface area contributed by atoms with E-state index in [0.717, 1.165) is 35.6 Å². The Hall–Kier alpha value is -2.83. The van der Waals surface area contributed by atoms with Gasteiger partial charge >= 0.3 is 0 Å². The number of carbonyl (C=O) groups excluding carboxylic acids is 1. The maximum atomic E-state index is 12.5. The molecule has 1 atom stereocenters. The van der Waals surface area contributed by atoms with Gasteiger partial charge in [0.1, 0.15) is 11.6 Å². The lowest BCUT2D eigenvalue weighted by molar-refractivity contribution is 0.0941. The van der Waals surface area contributed by atoms with Crippen molar-refractivity contribution in [1.29, 1.82) is 0 Å². The highest BCUT2D eigenvalue weighted by atomic mass is 35.5. The first-order chi connectivity index (χ1) is 14.6. The predicted octanol–water partition coefficient (Wildman–Crippen LogP) is 5.71. The lowest BCUT2D eigenvalue weighted by Gasteiger charge is -2.16. The van der Waals surface area contributed by atoms with Gasteiger partial charge in [0.05, 0.1) is 28.6 Å². The van der Waals surface area contributed by atoms with E-state index in [1.54, 1.807) is 0 Å². The summed E-state index contributed by atoms with van der Waals surface area (Å²) in [5.41, 5.74) is 1.97. The molecule has 2 aromatic heterocycles. The number of nitrogens with zero attached hydrogens (tertiary/aromatic N) is 2. The number of benzene rings is 2. The number of aromatic nitrogens is 2. The van der Waals surface area contributed by atoms with Crippen molar-refractivity contribution in [2.45, 2.75) is 25.9 Å². The molecule has 0 radical (unpaired) electrons. The number of carbonyl (C=O) groups is 1. The molecule has 2 heterocycles. The fraction of sp³-hybridized carbons (Fsp3) is 0.217. The van der Waals surface area contributed by atoms with Gasteiger partial charge in [-0.3, -0.25) is 4.79 Å². The molecule has 30 heavy (non-hydrogen) atoms. The first kappa shape index (κ1) is 20.4. The van der Waals surface area contributed by atoms with Crippen molar-refractivity contribution in [2.75, 3.05) is 6.61 Å². The van der Waals surface area contributed by atoms with Crippen molar-refractivity contribution in [1.82, 2.24) is 14.9 Å². The normalized spacial score (nSPS) is 12.1. The molecule has 1 unspecified atom stereocenters. The minimum absolute atomic E-state index is 0.0813. The quantitative estimate of drug-likeness (QED) is 0.357. The van der Waals surface area contributed by atoms with Crippen LogP contribution in [0.15, 0.2) is 66.0 Å². The molecule has 0 aliphatic rings. The number of hydrogen-bond donors (Lipinski definition) is 1. The molecular formula is C23H22ClN3O2S. The molecule has 0 saturated carbocycles. The highest BCUT2D eigenvalue weighted by Gasteiger charge is 2.19. The minimum Gasteiger partial charge on any atom is -0.494 e. The van der Waals surface area contributed by atoms with E-state index in [0.29, 0.717) is 16.5 Å². The van der Waals surface area contributed by atoms with Gasteiger partial charge in [-0.05, 0) is 61.2 Å². The van der Waals surface area contributed by atoms with Gasteiger partial charge < -0.3 is 14.6 Å². The monoisotopic (exact) mass is 439 g/mol. The van der Waals surface area contributed by atoms with Crippen molar-refractivity contribution < 1.29 is 9.53 Å². The predicted molar refractivity (Wildman–Crippen MR) is 121 cm³/mol. The number of aryl methyl sites for hydroxylation is 1. The SMILES string of the molecule is CC(NC(=O)c1cccs1)c1nc2ccccc2n1CCCOc1ccc(Cl)cc1. The molecule has 0 aliphatic heterocycles. The van der Waals surface area contributed by atoms with E-state index in [9.17, 15) is 4.79 Å². The maximum Gasteiger partial charge on any atom is 0.261 e. The molecule has 0 spiro atoms. The first-order valence-corrected chi connectivity index (χ1v) is 11.1. The molecule has 5 nitrogen and oxygen atoms in total. The molecular weight excluding hydrogens is 418 g/mol. The third kappa shape index (κ3) is 4.66. The second-order valence-corrected chi connectivity index (χ2v) is 8.32. The van der Waals surface area contributed by atoms with Crippen LogP contribution in [0.4, 0.5) is 0 Å². The average Bonchev–Trinajstić information content (AvgIpc) is 3.41. The lowest BCUT2D eigenvalue weighted by Crippen LogP contribution is -2.28. The summed E-state index contributed by atoms with van der Waals surface area (Å²) in [7, 11) is 0. The highest BCUT2D eigenvalue weighted by Crippen LogP contribution is 2.22. The van der Waals surface area contributed by atoms with Crippen LogP contribution in [0.25, 0.3) is 11.0 Å². The molecule has 0 fully saturated rings. The highest BCUT2D eigenvalue weighted by molar-refractivity contribution is 7.12. The van der Waals surface area contributed by atoms with E-state index in [4.69, 9.17) is 21.3 Å². The fourth-order valence-electron chi connectivity index (χ4n) is 3.34. The van der Waals surface area contributed by atoms with E-state index in [1.807, 2.05) is 66.9 Å². The second-order valence-electron chi connectivity index (χ2n) is 6.94. The van der Waals surface area contributed by atoms with Crippen molar-refractivity contribution >= 4 is 39.9 Å². The zero-order valence-corrected chi connectivity index (χ0v) is 18.1. The third-order valence-corrected chi connectivity index (χ3v) is 5.89. The van der Waals surface area contributed by atoms with Crippen LogP contribution in [0.1, 0.15) is 34.9 Å². The molecule has 2 aromatic carbocycles. The van der Waals surface area contributed by atoms with Crippen LogP contribution in [-0.2, 0) is 6.54 Å². The lowest BCUT2D eigenvalue weighted by atomic mass is 10.2. The summed E-state index contributed by atoms with van der Waals surface area (Å²) in [6, 6.07) is 18.9. The standard InChI is InChI=1S/C23H22ClN3O2S/c1-16(25-23(28)21-8-4-15-30-21)22-26-19-6-2-3-7-20(19)27(22)13-5-14-29-18-11-9-17(24)10-12-18/h2-4,6-12,15-16H,5,13-14H2,1H3,(H,25,28). The number of imidazole rings is 1. The van der Waals surface area contributed by atoms with Gasteiger partial charge in [0, 0.05) is 11.6 Å². The molecule has 1 amide bonds. The number of halogens is 1. The van der Waals surface area contributed by atoms with Crippen LogP contribution >= 0.6 is 22.9 Å². The molecule has 4 aromatic rings. The largest absolute Gasteiger partial charge is 0.494 e. The summed E-state index contributed by atoms with van der Waals surface area (Å²) in [6.45, 7) is 3.28. The Morgan fingerprint density at radius 3 is 2.73 bits per heavy atom. The number of ether oxygens (including phenoxy) is 1. The third-order valence-electron chi connectivity index (χ3n) is 4.77. The Morgan fingerprint density at radius 2 is 1.97 bits per heavy atom. The minimum atomic E-state index is -0.218. The molecule has 154 valence electrons. The zero-order valence-electron chi connectivity index (χ0n) is 16.5. The number of nitrogens with one attached hydrogen (secondary N) is 1. The van der Waals surface area contributed by atoms with E-state index in [2.05, 4.69) is 16.0 Å². The van der Waals surface area contributed by atoms with E-state index >= 15 is 0 Å². The number of para-hydroxylation sites is 2. The van der Waals surface area contributed by atoms with Crippen LogP contribution in [-0.4, -0.2) is 22.1 Å². The summed E-state index contributed by atoms with van der Waals surface area (Å²) in [5, 5.41) is 5.65. The molecule has 0 bridgehead atoms. The number of rotatable bonds is 8. The van der Waals surface area contributed by atoms with Gasteiger partial charge in [0.25, 0.3) is 5.91 Å². The molecule has 0 aliphatic carbocycles. The Kier molecular flexibility index (Phi) is 6.35. The smallest absolute Gasteiger partial charge is 0.261 e. The van der Waals surface area contributed by atoms with Gasteiger partial charge in [-0.2, -0.15) is 0 Å². The van der Waals surface area contributed by atoms with Crippen LogP contribution in [0.5, 0.6) is 5.75 Å². The van der Waals surface area contributed by atoms with E-state index < -0.39 is 0 Å². The zero-order chi connectivity index (χ0) is 20.9. The summed E-state index contributed by atoms with van der Waals surface area (Å²) < 4.78 is 7.99. The Morgan fingerprint density at radius 1 is 1.17 bits per heavy atom. The Labute approximate surface area is 184 Å². The van der Waals surface area contributed by atoms with Crippen LogP contribution in [0, 0.1) is 0 Å². The van der Waals surface area contributed by atoms with Gasteiger partial charge in [-0.15, -0.1) is 11.3 Å².